The Bertz CT molecular complexity index is 1610. The molecule has 5 aliphatic rings. The minimum absolute atomic E-state index is 0.00166. The number of carbonyl (C=O) groups is 2. The van der Waals surface area contributed by atoms with E-state index in [9.17, 15) is 14.7 Å². The molecule has 1 N–H and O–H groups in total. The highest BCUT2D eigenvalue weighted by Crippen LogP contribution is 2.82. The third-order valence-electron chi connectivity index (χ3n) is 11.8. The van der Waals surface area contributed by atoms with Gasteiger partial charge in [-0.3, -0.25) is 4.79 Å². The van der Waals surface area contributed by atoms with Crippen molar-refractivity contribution in [2.24, 2.45) is 22.7 Å². The summed E-state index contributed by atoms with van der Waals surface area (Å²) in [4.78, 5) is 27.1. The van der Waals surface area contributed by atoms with Crippen molar-refractivity contribution >= 4 is 11.8 Å². The van der Waals surface area contributed by atoms with Crippen molar-refractivity contribution in [2.75, 3.05) is 6.61 Å². The van der Waals surface area contributed by atoms with E-state index in [2.05, 4.69) is 20.8 Å². The van der Waals surface area contributed by atoms with Gasteiger partial charge in [-0.2, -0.15) is 0 Å². The molecular weight excluding hydrogens is 532 g/mol. The zero-order chi connectivity index (χ0) is 29.2. The Morgan fingerprint density at radius 2 is 1.67 bits per heavy atom. The van der Waals surface area contributed by atoms with Crippen LogP contribution in [0, 0.1) is 22.7 Å². The molecule has 8 rings (SSSR count). The van der Waals surface area contributed by atoms with Crippen molar-refractivity contribution in [3.05, 3.63) is 88.7 Å². The van der Waals surface area contributed by atoms with Crippen LogP contribution in [0.3, 0.4) is 0 Å². The molecule has 3 aliphatic carbocycles. The molecule has 0 radical (unpaired) electrons. The van der Waals surface area contributed by atoms with Crippen LogP contribution in [0.15, 0.2) is 65.1 Å². The average molecular weight is 569 g/mol. The van der Waals surface area contributed by atoms with Crippen LogP contribution in [0.25, 0.3) is 0 Å². The summed E-state index contributed by atoms with van der Waals surface area (Å²) in [6.07, 6.45) is 1.56. The smallest absolute Gasteiger partial charge is 0.345 e. The van der Waals surface area contributed by atoms with Gasteiger partial charge in [-0.25, -0.2) is 4.79 Å². The highest BCUT2D eigenvalue weighted by Gasteiger charge is 2.92. The molecule has 3 aromatic rings. The molecule has 2 saturated carbocycles. The third kappa shape index (κ3) is 3.02. The fourth-order valence-electron chi connectivity index (χ4n) is 9.46. The van der Waals surface area contributed by atoms with Crippen LogP contribution in [0.4, 0.5) is 0 Å². The van der Waals surface area contributed by atoms with Gasteiger partial charge in [0.25, 0.3) is 5.95 Å². The summed E-state index contributed by atoms with van der Waals surface area (Å²) in [6.45, 7) is 8.94. The summed E-state index contributed by atoms with van der Waals surface area (Å²) >= 11 is 0. The number of aliphatic hydroxyl groups is 1. The maximum atomic E-state index is 14.0. The van der Waals surface area contributed by atoms with Gasteiger partial charge in [0.15, 0.2) is 5.76 Å². The summed E-state index contributed by atoms with van der Waals surface area (Å²) in [5.41, 5.74) is 0.213. The van der Waals surface area contributed by atoms with E-state index in [1.165, 1.54) is 0 Å². The first-order valence-electron chi connectivity index (χ1n) is 15.1. The Labute approximate surface area is 245 Å². The van der Waals surface area contributed by atoms with Gasteiger partial charge in [-0.15, -0.1) is 0 Å². The van der Waals surface area contributed by atoms with E-state index < -0.39 is 28.7 Å². The standard InChI is InChI=1S/C35H36O7/c1-19(2)34-17-23(34)28-35(42-28)32(3)16-15-22-25(24(32)18-39-33(35,4)31(34)38)27(26(36)20-11-7-5-8-12-20)40-30(22)41-29(37)21-13-9-6-10-14-21/h5-14,19,23-24,28,31,38H,15-18H2,1-4H3/t23-,24-,28-,31-,32-,33+,34+,35+/m0/s1. The van der Waals surface area contributed by atoms with E-state index in [1.54, 1.807) is 36.4 Å². The second kappa shape index (κ2) is 8.43. The Morgan fingerprint density at radius 3 is 2.33 bits per heavy atom. The van der Waals surface area contributed by atoms with Gasteiger partial charge in [0.05, 0.1) is 24.4 Å². The number of esters is 1. The van der Waals surface area contributed by atoms with E-state index in [4.69, 9.17) is 18.6 Å². The van der Waals surface area contributed by atoms with E-state index in [0.29, 0.717) is 36.0 Å². The molecule has 7 nitrogen and oxygen atoms in total. The summed E-state index contributed by atoms with van der Waals surface area (Å²) < 4.78 is 25.6. The van der Waals surface area contributed by atoms with Crippen molar-refractivity contribution in [1.29, 1.82) is 0 Å². The molecule has 0 unspecified atom stereocenters. The highest BCUT2D eigenvalue weighted by molar-refractivity contribution is 6.08. The molecule has 42 heavy (non-hydrogen) atoms. The molecule has 2 aliphatic heterocycles. The first-order chi connectivity index (χ1) is 20.1. The van der Waals surface area contributed by atoms with Gasteiger partial charge in [0.1, 0.15) is 11.2 Å². The minimum atomic E-state index is -0.867. The van der Waals surface area contributed by atoms with Crippen LogP contribution in [-0.4, -0.2) is 46.9 Å². The molecule has 0 bridgehead atoms. The normalized spacial score (nSPS) is 38.8. The van der Waals surface area contributed by atoms with E-state index in [-0.39, 0.29) is 34.9 Å². The van der Waals surface area contributed by atoms with Crippen LogP contribution in [0.2, 0.25) is 0 Å². The number of aliphatic hydroxyl groups excluding tert-OH is 1. The lowest BCUT2D eigenvalue weighted by Crippen LogP contribution is -2.72. The van der Waals surface area contributed by atoms with Crippen molar-refractivity contribution in [3.63, 3.8) is 0 Å². The van der Waals surface area contributed by atoms with Crippen LogP contribution >= 0.6 is 0 Å². The Hall–Kier alpha value is -3.26. The predicted octanol–water partition coefficient (Wildman–Crippen LogP) is 5.73. The summed E-state index contributed by atoms with van der Waals surface area (Å²) in [6, 6.07) is 17.8. The SMILES string of the molecule is CC(C)[C@]12C[C@H]1[C@@H]1O[C@@]13[C@@]1(C)CCc4c(OC(=O)c5ccccc5)oc(C(=O)c5ccccc5)c4[C@@H]1CO[C@]3(C)[C@@H]2O. The lowest BCUT2D eigenvalue weighted by molar-refractivity contribution is -0.252. The largest absolute Gasteiger partial charge is 0.421 e. The maximum Gasteiger partial charge on any atom is 0.345 e. The fourth-order valence-corrected chi connectivity index (χ4v) is 9.46. The number of fused-ring (bicyclic) bond motifs is 5. The summed E-state index contributed by atoms with van der Waals surface area (Å²) in [5, 5.41) is 12.0. The number of epoxide rings is 1. The molecule has 1 spiro atoms. The van der Waals surface area contributed by atoms with Gasteiger partial charge in [-0.05, 0) is 50.2 Å². The lowest BCUT2D eigenvalue weighted by atomic mass is 9.49. The second-order valence-electron chi connectivity index (χ2n) is 13.7. The van der Waals surface area contributed by atoms with Gasteiger partial charge >= 0.3 is 5.97 Å². The van der Waals surface area contributed by atoms with Gasteiger partial charge in [0.2, 0.25) is 5.78 Å². The van der Waals surface area contributed by atoms with Gasteiger partial charge in [0, 0.05) is 33.4 Å². The molecule has 2 aromatic carbocycles. The molecule has 1 aromatic heterocycles. The summed E-state index contributed by atoms with van der Waals surface area (Å²) in [7, 11) is 0. The van der Waals surface area contributed by atoms with E-state index in [0.717, 1.165) is 24.0 Å². The first-order valence-corrected chi connectivity index (χ1v) is 15.1. The number of ether oxygens (including phenoxy) is 3. The minimum Gasteiger partial charge on any atom is -0.421 e. The quantitative estimate of drug-likeness (QED) is 0.238. The number of rotatable bonds is 5. The topological polar surface area (TPSA) is 98.5 Å². The molecule has 3 heterocycles. The Morgan fingerprint density at radius 1 is 1.00 bits per heavy atom. The van der Waals surface area contributed by atoms with Crippen molar-refractivity contribution in [1.82, 2.24) is 0 Å². The number of carbonyl (C=O) groups excluding carboxylic acids is 2. The van der Waals surface area contributed by atoms with E-state index >= 15 is 0 Å². The van der Waals surface area contributed by atoms with Crippen LogP contribution < -0.4 is 4.74 Å². The van der Waals surface area contributed by atoms with Crippen LogP contribution in [0.1, 0.15) is 84.1 Å². The van der Waals surface area contributed by atoms with Crippen LogP contribution in [0.5, 0.6) is 5.95 Å². The molecular formula is C35H36O7. The Kier molecular flexibility index (Phi) is 5.29. The Balaban J connectivity index is 1.24. The number of hydrogen-bond donors (Lipinski definition) is 1. The number of ketones is 1. The molecule has 4 fully saturated rings. The van der Waals surface area contributed by atoms with Crippen molar-refractivity contribution < 1.29 is 33.3 Å². The van der Waals surface area contributed by atoms with Gasteiger partial charge in [-0.1, -0.05) is 69.3 Å². The summed E-state index contributed by atoms with van der Waals surface area (Å²) in [5.74, 6) is -0.181. The zero-order valence-electron chi connectivity index (χ0n) is 24.4. The number of furan rings is 1. The van der Waals surface area contributed by atoms with Crippen molar-refractivity contribution in [2.45, 2.75) is 76.3 Å². The fraction of sp³-hybridized carbons (Fsp3) is 0.486. The average Bonchev–Trinajstić information content (AvgIpc) is 3.90. The maximum absolute atomic E-state index is 14.0. The monoisotopic (exact) mass is 568 g/mol. The molecule has 7 heteroatoms. The lowest BCUT2D eigenvalue weighted by Gasteiger charge is -2.60. The highest BCUT2D eigenvalue weighted by atomic mass is 16.7. The number of benzene rings is 2. The van der Waals surface area contributed by atoms with Crippen molar-refractivity contribution in [3.8, 4) is 5.95 Å². The van der Waals surface area contributed by atoms with Gasteiger partial charge < -0.3 is 23.7 Å². The third-order valence-corrected chi connectivity index (χ3v) is 11.8. The second-order valence-corrected chi connectivity index (χ2v) is 13.7. The first kappa shape index (κ1) is 26.4. The number of hydrogen-bond acceptors (Lipinski definition) is 7. The zero-order valence-corrected chi connectivity index (χ0v) is 24.4. The van der Waals surface area contributed by atoms with E-state index in [1.807, 2.05) is 31.2 Å². The predicted molar refractivity (Wildman–Crippen MR) is 152 cm³/mol. The molecule has 218 valence electrons. The molecule has 2 saturated heterocycles. The van der Waals surface area contributed by atoms with Crippen LogP contribution in [-0.2, 0) is 15.9 Å². The molecule has 8 atom stereocenters. The molecule has 0 amide bonds.